The molecule has 3 N–H and O–H groups in total. The smallest absolute Gasteiger partial charge is 0.332 e. The van der Waals surface area contributed by atoms with E-state index in [-0.39, 0.29) is 22.7 Å². The normalized spacial score (nSPS) is 11.4. The minimum atomic E-state index is -0.383. The summed E-state index contributed by atoms with van der Waals surface area (Å²) in [5.41, 5.74) is 1.10. The fraction of sp³-hybridized carbons (Fsp3) is 0.421. The second-order valence-electron chi connectivity index (χ2n) is 6.85. The number of fused-ring (bicyclic) bond motifs is 1. The molecule has 3 aromatic rings. The quantitative estimate of drug-likeness (QED) is 0.382. The van der Waals surface area contributed by atoms with Gasteiger partial charge in [0.1, 0.15) is 0 Å². The number of phenolic OH excluding ortho intramolecular Hbond substituents is 2. The lowest BCUT2D eigenvalue weighted by Crippen LogP contribution is -2.37. The fourth-order valence-electron chi connectivity index (χ4n) is 3.21. The molecule has 0 radical (unpaired) electrons. The predicted octanol–water partition coefficient (Wildman–Crippen LogP) is 0.457. The van der Waals surface area contributed by atoms with Gasteiger partial charge in [0, 0.05) is 20.6 Å². The maximum atomic E-state index is 12.4. The Morgan fingerprint density at radius 1 is 1.04 bits per heavy atom. The summed E-state index contributed by atoms with van der Waals surface area (Å²) in [5.74, 6) is -0.203. The highest BCUT2D eigenvalue weighted by molar-refractivity contribution is 5.69. The molecule has 0 fully saturated rings. The van der Waals surface area contributed by atoms with Crippen molar-refractivity contribution < 1.29 is 10.2 Å². The van der Waals surface area contributed by atoms with E-state index in [4.69, 9.17) is 0 Å². The first-order valence-electron chi connectivity index (χ1n) is 9.22. The van der Waals surface area contributed by atoms with E-state index < -0.39 is 0 Å². The topological polar surface area (TPSA) is 114 Å². The molecule has 0 spiro atoms. The van der Waals surface area contributed by atoms with Gasteiger partial charge in [0.15, 0.2) is 22.7 Å². The molecular weight excluding hydrogens is 362 g/mol. The van der Waals surface area contributed by atoms with Crippen molar-refractivity contribution in [1.29, 1.82) is 0 Å². The van der Waals surface area contributed by atoms with E-state index in [1.165, 1.54) is 17.7 Å². The molecule has 1 aromatic carbocycles. The highest BCUT2D eigenvalue weighted by Crippen LogP contribution is 2.25. The Kier molecular flexibility index (Phi) is 5.84. The first kappa shape index (κ1) is 19.7. The van der Waals surface area contributed by atoms with Crippen LogP contribution in [0.1, 0.15) is 18.4 Å². The van der Waals surface area contributed by atoms with Crippen LogP contribution in [0.5, 0.6) is 11.5 Å². The molecule has 0 saturated carbocycles. The fourth-order valence-corrected chi connectivity index (χ4v) is 3.21. The lowest BCUT2D eigenvalue weighted by molar-refractivity contribution is 0.403. The number of aromatic hydroxyl groups is 2. The van der Waals surface area contributed by atoms with Crippen molar-refractivity contribution in [2.75, 3.05) is 13.1 Å². The Labute approximate surface area is 161 Å². The molecule has 2 aromatic heterocycles. The van der Waals surface area contributed by atoms with Crippen LogP contribution in [0.2, 0.25) is 0 Å². The molecule has 9 nitrogen and oxygen atoms in total. The van der Waals surface area contributed by atoms with Gasteiger partial charge in [-0.3, -0.25) is 13.9 Å². The van der Waals surface area contributed by atoms with E-state index in [9.17, 15) is 19.8 Å². The van der Waals surface area contributed by atoms with Gasteiger partial charge in [0.05, 0.1) is 6.33 Å². The third kappa shape index (κ3) is 3.94. The first-order chi connectivity index (χ1) is 13.4. The van der Waals surface area contributed by atoms with Crippen LogP contribution in [0.4, 0.5) is 0 Å². The highest BCUT2D eigenvalue weighted by Gasteiger charge is 2.13. The summed E-state index contributed by atoms with van der Waals surface area (Å²) >= 11 is 0. The number of nitrogens with zero attached hydrogens (tertiary/aromatic N) is 4. The van der Waals surface area contributed by atoms with Crippen molar-refractivity contribution >= 4 is 11.2 Å². The number of imidazole rings is 1. The lowest BCUT2D eigenvalue weighted by atomic mass is 10.1. The number of phenols is 2. The van der Waals surface area contributed by atoms with Crippen LogP contribution in [-0.4, -0.2) is 42.0 Å². The van der Waals surface area contributed by atoms with Gasteiger partial charge in [-0.2, -0.15) is 0 Å². The van der Waals surface area contributed by atoms with Gasteiger partial charge < -0.3 is 20.1 Å². The monoisotopic (exact) mass is 387 g/mol. The summed E-state index contributed by atoms with van der Waals surface area (Å²) in [6.07, 6.45) is 4.12. The highest BCUT2D eigenvalue weighted by atomic mass is 16.3. The average Bonchev–Trinajstić information content (AvgIpc) is 3.10. The summed E-state index contributed by atoms with van der Waals surface area (Å²) < 4.78 is 4.27. The molecule has 0 aliphatic carbocycles. The minimum Gasteiger partial charge on any atom is -0.504 e. The van der Waals surface area contributed by atoms with E-state index in [0.29, 0.717) is 17.7 Å². The predicted molar refractivity (Wildman–Crippen MR) is 106 cm³/mol. The zero-order valence-corrected chi connectivity index (χ0v) is 16.1. The van der Waals surface area contributed by atoms with Gasteiger partial charge in [-0.1, -0.05) is 6.07 Å². The molecule has 150 valence electrons. The van der Waals surface area contributed by atoms with Crippen molar-refractivity contribution in [3.8, 4) is 11.5 Å². The Morgan fingerprint density at radius 3 is 2.54 bits per heavy atom. The molecule has 2 heterocycles. The van der Waals surface area contributed by atoms with Gasteiger partial charge in [0.25, 0.3) is 5.56 Å². The molecule has 0 aliphatic rings. The molecule has 9 heteroatoms. The number of hydrogen-bond donors (Lipinski definition) is 3. The van der Waals surface area contributed by atoms with Crippen molar-refractivity contribution in [2.45, 2.75) is 25.8 Å². The molecule has 28 heavy (non-hydrogen) atoms. The van der Waals surface area contributed by atoms with E-state index >= 15 is 0 Å². The van der Waals surface area contributed by atoms with E-state index in [2.05, 4.69) is 10.3 Å². The number of nitrogens with one attached hydrogen (secondary N) is 1. The zero-order valence-electron chi connectivity index (χ0n) is 16.1. The summed E-state index contributed by atoms with van der Waals surface area (Å²) in [5, 5.41) is 22.2. The standard InChI is InChI=1S/C19H25N5O4/c1-22-17-16(18(27)23(2)19(22)28)24(12-21-17)10-4-9-20-8-3-5-13-6-7-14(25)15(26)11-13/h6-7,11-12,20,25-26H,3-5,8-10H2,1-2H3. The molecule has 3 rings (SSSR count). The summed E-state index contributed by atoms with van der Waals surface area (Å²) in [6.45, 7) is 2.23. The summed E-state index contributed by atoms with van der Waals surface area (Å²) in [7, 11) is 3.08. The van der Waals surface area contributed by atoms with Crippen LogP contribution in [0.15, 0.2) is 34.1 Å². The Bertz CT molecular complexity index is 1100. The molecule has 0 aliphatic heterocycles. The number of rotatable bonds is 8. The molecule has 0 amide bonds. The van der Waals surface area contributed by atoms with Crippen LogP contribution in [0.3, 0.4) is 0 Å². The van der Waals surface area contributed by atoms with Gasteiger partial charge in [0.2, 0.25) is 0 Å². The average molecular weight is 387 g/mol. The van der Waals surface area contributed by atoms with Crippen LogP contribution in [-0.2, 0) is 27.1 Å². The van der Waals surface area contributed by atoms with Crippen LogP contribution < -0.4 is 16.6 Å². The second kappa shape index (κ2) is 8.30. The minimum absolute atomic E-state index is 0.0957. The zero-order chi connectivity index (χ0) is 20.3. The van der Waals surface area contributed by atoms with Crippen molar-refractivity contribution in [3.05, 3.63) is 50.9 Å². The first-order valence-corrected chi connectivity index (χ1v) is 9.22. The van der Waals surface area contributed by atoms with Gasteiger partial charge in [-0.05, 0) is 50.0 Å². The number of aryl methyl sites for hydroxylation is 3. The van der Waals surface area contributed by atoms with Crippen molar-refractivity contribution in [2.24, 2.45) is 14.1 Å². The third-order valence-corrected chi connectivity index (χ3v) is 4.83. The summed E-state index contributed by atoms with van der Waals surface area (Å²) in [6, 6.07) is 4.87. The third-order valence-electron chi connectivity index (χ3n) is 4.83. The number of benzene rings is 1. The number of aromatic nitrogens is 4. The van der Waals surface area contributed by atoms with Crippen LogP contribution in [0, 0.1) is 0 Å². The second-order valence-corrected chi connectivity index (χ2v) is 6.85. The largest absolute Gasteiger partial charge is 0.504 e. The van der Waals surface area contributed by atoms with Gasteiger partial charge in [-0.25, -0.2) is 9.78 Å². The van der Waals surface area contributed by atoms with Crippen molar-refractivity contribution in [1.82, 2.24) is 24.0 Å². The van der Waals surface area contributed by atoms with E-state index in [1.807, 2.05) is 0 Å². The van der Waals surface area contributed by atoms with Gasteiger partial charge >= 0.3 is 5.69 Å². The maximum Gasteiger partial charge on any atom is 0.332 e. The SMILES string of the molecule is Cn1c(=O)c2c(ncn2CCCNCCCc2ccc(O)c(O)c2)n(C)c1=O. The van der Waals surface area contributed by atoms with Crippen molar-refractivity contribution in [3.63, 3.8) is 0 Å². The maximum absolute atomic E-state index is 12.4. The molecular formula is C19H25N5O4. The lowest BCUT2D eigenvalue weighted by Gasteiger charge is -2.08. The number of hydrogen-bond acceptors (Lipinski definition) is 6. The Hall–Kier alpha value is -3.07. The van der Waals surface area contributed by atoms with Crippen LogP contribution >= 0.6 is 0 Å². The van der Waals surface area contributed by atoms with E-state index in [0.717, 1.165) is 42.5 Å². The summed E-state index contributed by atoms with van der Waals surface area (Å²) in [4.78, 5) is 28.5. The molecule has 0 atom stereocenters. The van der Waals surface area contributed by atoms with Gasteiger partial charge in [-0.15, -0.1) is 0 Å². The molecule has 0 bridgehead atoms. The Balaban J connectivity index is 1.48. The van der Waals surface area contributed by atoms with E-state index in [1.54, 1.807) is 30.1 Å². The van der Waals surface area contributed by atoms with Crippen LogP contribution in [0.25, 0.3) is 11.2 Å². The molecule has 0 unspecified atom stereocenters. The Morgan fingerprint density at radius 2 is 1.79 bits per heavy atom. The molecule has 0 saturated heterocycles.